The Bertz CT molecular complexity index is 670. The Labute approximate surface area is 130 Å². The van der Waals surface area contributed by atoms with Gasteiger partial charge >= 0.3 is 0 Å². The molecule has 0 aliphatic heterocycles. The first-order valence-corrected chi connectivity index (χ1v) is 7.16. The Balaban J connectivity index is 2.24. The second-order valence-corrected chi connectivity index (χ2v) is 5.63. The molecule has 21 heavy (non-hydrogen) atoms. The van der Waals surface area contributed by atoms with Gasteiger partial charge in [0.05, 0.1) is 6.04 Å². The van der Waals surface area contributed by atoms with Crippen LogP contribution in [0, 0.1) is 6.92 Å². The molecule has 0 aliphatic rings. The van der Waals surface area contributed by atoms with Crippen LogP contribution in [0.4, 0.5) is 5.69 Å². The van der Waals surface area contributed by atoms with Crippen molar-refractivity contribution >= 4 is 23.2 Å². The zero-order valence-electron chi connectivity index (χ0n) is 12.4. The van der Waals surface area contributed by atoms with Gasteiger partial charge < -0.3 is 10.6 Å². The second kappa shape index (κ2) is 6.19. The highest BCUT2D eigenvalue weighted by atomic mass is 35.5. The van der Waals surface area contributed by atoms with Crippen LogP contribution in [-0.4, -0.2) is 17.9 Å². The second-order valence-electron chi connectivity index (χ2n) is 5.23. The van der Waals surface area contributed by atoms with Crippen LogP contribution in [-0.2, 0) is 0 Å². The third kappa shape index (κ3) is 3.37. The lowest BCUT2D eigenvalue weighted by molar-refractivity contribution is 0.0742. The average molecular weight is 303 g/mol. The number of nitrogens with zero attached hydrogens (tertiary/aromatic N) is 1. The summed E-state index contributed by atoms with van der Waals surface area (Å²) in [5, 5.41) is 0.665. The molecule has 2 N–H and O–H groups in total. The molecular weight excluding hydrogens is 284 g/mol. The molecular formula is C17H19ClN2O. The summed E-state index contributed by atoms with van der Waals surface area (Å²) in [6, 6.07) is 12.8. The predicted molar refractivity (Wildman–Crippen MR) is 87.6 cm³/mol. The Morgan fingerprint density at radius 3 is 2.57 bits per heavy atom. The van der Waals surface area contributed by atoms with E-state index in [1.54, 1.807) is 24.1 Å². The van der Waals surface area contributed by atoms with Crippen LogP contribution < -0.4 is 5.73 Å². The minimum Gasteiger partial charge on any atom is -0.399 e. The molecule has 1 amide bonds. The van der Waals surface area contributed by atoms with Crippen LogP contribution in [0.5, 0.6) is 0 Å². The summed E-state index contributed by atoms with van der Waals surface area (Å²) in [4.78, 5) is 14.3. The zero-order valence-corrected chi connectivity index (χ0v) is 13.2. The van der Waals surface area contributed by atoms with E-state index >= 15 is 0 Å². The summed E-state index contributed by atoms with van der Waals surface area (Å²) in [5.41, 5.74) is 9.04. The van der Waals surface area contributed by atoms with E-state index in [0.29, 0.717) is 16.3 Å². The van der Waals surface area contributed by atoms with Crippen molar-refractivity contribution in [1.29, 1.82) is 0 Å². The lowest BCUT2D eigenvalue weighted by Crippen LogP contribution is -2.29. The molecule has 0 saturated carbocycles. The van der Waals surface area contributed by atoms with E-state index < -0.39 is 0 Å². The number of halogens is 1. The van der Waals surface area contributed by atoms with Crippen molar-refractivity contribution < 1.29 is 4.79 Å². The number of rotatable bonds is 3. The van der Waals surface area contributed by atoms with Crippen molar-refractivity contribution in [3.8, 4) is 0 Å². The number of carbonyl (C=O) groups excluding carboxylic acids is 1. The molecule has 0 bridgehead atoms. The molecule has 0 fully saturated rings. The van der Waals surface area contributed by atoms with Crippen molar-refractivity contribution in [3.63, 3.8) is 0 Å². The summed E-state index contributed by atoms with van der Waals surface area (Å²) < 4.78 is 0. The zero-order chi connectivity index (χ0) is 15.6. The van der Waals surface area contributed by atoms with Gasteiger partial charge in [0.25, 0.3) is 5.91 Å². The van der Waals surface area contributed by atoms with E-state index in [0.717, 1.165) is 11.1 Å². The molecule has 2 rings (SSSR count). The lowest BCUT2D eigenvalue weighted by atomic mass is 10.0. The number of carbonyl (C=O) groups is 1. The van der Waals surface area contributed by atoms with Crippen LogP contribution in [0.15, 0.2) is 42.5 Å². The maximum absolute atomic E-state index is 12.6. The number of hydrogen-bond donors (Lipinski definition) is 1. The number of amides is 1. The van der Waals surface area contributed by atoms with Crippen molar-refractivity contribution in [2.24, 2.45) is 0 Å². The Hall–Kier alpha value is -2.00. The number of benzene rings is 2. The summed E-state index contributed by atoms with van der Waals surface area (Å²) in [6.07, 6.45) is 0. The maximum atomic E-state index is 12.6. The van der Waals surface area contributed by atoms with Crippen molar-refractivity contribution in [3.05, 3.63) is 64.2 Å². The van der Waals surface area contributed by atoms with Crippen LogP contribution in [0.25, 0.3) is 0 Å². The molecule has 1 atom stereocenters. The summed E-state index contributed by atoms with van der Waals surface area (Å²) in [6.45, 7) is 3.87. The van der Waals surface area contributed by atoms with Gasteiger partial charge in [-0.25, -0.2) is 0 Å². The molecule has 0 heterocycles. The van der Waals surface area contributed by atoms with E-state index in [2.05, 4.69) is 0 Å². The van der Waals surface area contributed by atoms with Gasteiger partial charge in [-0.2, -0.15) is 0 Å². The first-order valence-electron chi connectivity index (χ1n) is 6.79. The predicted octanol–water partition coefficient (Wildman–Crippen LogP) is 4.06. The molecule has 0 aliphatic carbocycles. The third-order valence-electron chi connectivity index (χ3n) is 3.70. The lowest BCUT2D eigenvalue weighted by Gasteiger charge is -2.26. The quantitative estimate of drug-likeness (QED) is 0.869. The fourth-order valence-corrected chi connectivity index (χ4v) is 2.32. The van der Waals surface area contributed by atoms with Gasteiger partial charge in [-0.15, -0.1) is 0 Å². The first-order chi connectivity index (χ1) is 9.90. The number of aryl methyl sites for hydroxylation is 1. The number of hydrogen-bond acceptors (Lipinski definition) is 2. The van der Waals surface area contributed by atoms with Gasteiger partial charge in [-0.1, -0.05) is 23.7 Å². The van der Waals surface area contributed by atoms with E-state index in [9.17, 15) is 4.79 Å². The largest absolute Gasteiger partial charge is 0.399 e. The molecule has 2 aromatic carbocycles. The van der Waals surface area contributed by atoms with E-state index in [1.165, 1.54) is 0 Å². The number of nitrogens with two attached hydrogens (primary N) is 1. The topological polar surface area (TPSA) is 46.3 Å². The van der Waals surface area contributed by atoms with Gasteiger partial charge in [0.15, 0.2) is 0 Å². The number of nitrogen functional groups attached to an aromatic ring is 1. The SMILES string of the molecule is Cc1cc(C(=O)N(C)C(C)c2cccc(N)c2)ccc1Cl. The minimum atomic E-state index is -0.0583. The summed E-state index contributed by atoms with van der Waals surface area (Å²) in [5.74, 6) is -0.0373. The van der Waals surface area contributed by atoms with Crippen LogP contribution >= 0.6 is 11.6 Å². The molecule has 0 radical (unpaired) electrons. The van der Waals surface area contributed by atoms with Crippen LogP contribution in [0.1, 0.15) is 34.5 Å². The molecule has 110 valence electrons. The van der Waals surface area contributed by atoms with Gasteiger partial charge in [-0.3, -0.25) is 4.79 Å². The molecule has 3 nitrogen and oxygen atoms in total. The van der Waals surface area contributed by atoms with E-state index in [-0.39, 0.29) is 11.9 Å². The monoisotopic (exact) mass is 302 g/mol. The highest BCUT2D eigenvalue weighted by Crippen LogP contribution is 2.23. The number of anilines is 1. The smallest absolute Gasteiger partial charge is 0.254 e. The van der Waals surface area contributed by atoms with Crippen molar-refractivity contribution in [2.45, 2.75) is 19.9 Å². The molecule has 0 spiro atoms. The Morgan fingerprint density at radius 1 is 1.24 bits per heavy atom. The molecule has 0 aromatic heterocycles. The highest BCUT2D eigenvalue weighted by Gasteiger charge is 2.19. The average Bonchev–Trinajstić information content (AvgIpc) is 2.47. The molecule has 2 aromatic rings. The summed E-state index contributed by atoms with van der Waals surface area (Å²) >= 11 is 6.00. The normalized spacial score (nSPS) is 12.0. The molecule has 0 saturated heterocycles. The van der Waals surface area contributed by atoms with E-state index in [1.807, 2.05) is 44.2 Å². The van der Waals surface area contributed by atoms with Gasteiger partial charge in [0.1, 0.15) is 0 Å². The fraction of sp³-hybridized carbons (Fsp3) is 0.235. The third-order valence-corrected chi connectivity index (χ3v) is 4.12. The summed E-state index contributed by atoms with van der Waals surface area (Å²) in [7, 11) is 1.79. The van der Waals surface area contributed by atoms with Crippen molar-refractivity contribution in [1.82, 2.24) is 4.90 Å². The van der Waals surface area contributed by atoms with Gasteiger partial charge in [0, 0.05) is 23.3 Å². The highest BCUT2D eigenvalue weighted by molar-refractivity contribution is 6.31. The standard InChI is InChI=1S/C17H19ClN2O/c1-11-9-14(7-8-16(11)18)17(21)20(3)12(2)13-5-4-6-15(19)10-13/h4-10,12H,19H2,1-3H3. The van der Waals surface area contributed by atoms with Crippen molar-refractivity contribution in [2.75, 3.05) is 12.8 Å². The fourth-order valence-electron chi connectivity index (χ4n) is 2.20. The van der Waals surface area contributed by atoms with Gasteiger partial charge in [-0.05, 0) is 55.3 Å². The Kier molecular flexibility index (Phi) is 4.53. The maximum Gasteiger partial charge on any atom is 0.254 e. The van der Waals surface area contributed by atoms with Crippen LogP contribution in [0.2, 0.25) is 5.02 Å². The Morgan fingerprint density at radius 2 is 1.95 bits per heavy atom. The minimum absolute atomic E-state index is 0.0373. The van der Waals surface area contributed by atoms with Gasteiger partial charge in [0.2, 0.25) is 0 Å². The molecule has 1 unspecified atom stereocenters. The van der Waals surface area contributed by atoms with E-state index in [4.69, 9.17) is 17.3 Å². The first kappa shape index (κ1) is 15.4. The molecule has 4 heteroatoms. The van der Waals surface area contributed by atoms with Crippen LogP contribution in [0.3, 0.4) is 0 Å².